The average molecular weight is 282 g/mol. The van der Waals surface area contributed by atoms with Crippen molar-refractivity contribution >= 4 is 23.4 Å². The summed E-state index contributed by atoms with van der Waals surface area (Å²) in [7, 11) is 0. The second kappa shape index (κ2) is 6.53. The van der Waals surface area contributed by atoms with E-state index in [4.69, 9.17) is 4.74 Å². The quantitative estimate of drug-likeness (QED) is 0.361. The molecule has 6 nitrogen and oxygen atoms in total. The third kappa shape index (κ3) is 4.22. The number of hydrogen-bond donors (Lipinski definition) is 0. The molecule has 0 saturated carbocycles. The van der Waals surface area contributed by atoms with Crippen LogP contribution in [0.3, 0.4) is 0 Å². The first-order valence-electron chi connectivity index (χ1n) is 5.90. The van der Waals surface area contributed by atoms with Crippen molar-refractivity contribution in [1.82, 2.24) is 4.90 Å². The molecule has 0 radical (unpaired) electrons. The number of esters is 1. The predicted octanol–water partition coefficient (Wildman–Crippen LogP) is 1.55. The lowest BCUT2D eigenvalue weighted by molar-refractivity contribution is -0.384. The van der Waals surface area contributed by atoms with Gasteiger partial charge in [-0.1, -0.05) is 6.07 Å². The van der Waals surface area contributed by atoms with Crippen LogP contribution in [0.2, 0.25) is 0 Å². The van der Waals surface area contributed by atoms with Gasteiger partial charge in [0.15, 0.2) is 0 Å². The predicted molar refractivity (Wildman–Crippen MR) is 72.5 cm³/mol. The van der Waals surface area contributed by atoms with Crippen molar-refractivity contribution in [3.63, 3.8) is 0 Å². The molecule has 102 valence electrons. The van der Waals surface area contributed by atoms with Gasteiger partial charge >= 0.3 is 5.97 Å². The van der Waals surface area contributed by atoms with Crippen LogP contribution in [0.1, 0.15) is 0 Å². The Morgan fingerprint density at radius 3 is 2.84 bits per heavy atom. The molecule has 0 aliphatic carbocycles. The molecule has 1 saturated heterocycles. The van der Waals surface area contributed by atoms with Gasteiger partial charge in [-0.25, -0.2) is 0 Å². The molecule has 1 aromatic carbocycles. The van der Waals surface area contributed by atoms with E-state index in [0.717, 1.165) is 24.6 Å². The summed E-state index contributed by atoms with van der Waals surface area (Å²) < 4.78 is 5.12. The van der Waals surface area contributed by atoms with Crippen LogP contribution in [0, 0.1) is 10.1 Å². The number of ether oxygens (including phenoxy) is 1. The Labute approximate surface area is 114 Å². The van der Waals surface area contributed by atoms with Gasteiger partial charge in [0.2, 0.25) is 0 Å². The van der Waals surface area contributed by atoms with E-state index in [2.05, 4.69) is 0 Å². The first kappa shape index (κ1) is 13.8. The SMILES string of the molecule is O=C(CN1CCSCC1)Oc1cccc([N+](=O)[O-])c1. The van der Waals surface area contributed by atoms with Gasteiger partial charge in [0.25, 0.3) is 5.69 Å². The van der Waals surface area contributed by atoms with Crippen molar-refractivity contribution in [3.8, 4) is 5.75 Å². The van der Waals surface area contributed by atoms with Crippen LogP contribution in [0.15, 0.2) is 24.3 Å². The van der Waals surface area contributed by atoms with Crippen molar-refractivity contribution in [2.75, 3.05) is 31.1 Å². The number of carbonyl (C=O) groups excluding carboxylic acids is 1. The molecule has 1 heterocycles. The topological polar surface area (TPSA) is 72.7 Å². The van der Waals surface area contributed by atoms with E-state index in [9.17, 15) is 14.9 Å². The molecule has 0 amide bonds. The molecule has 1 aromatic rings. The van der Waals surface area contributed by atoms with E-state index in [1.165, 1.54) is 24.3 Å². The third-order valence-corrected chi connectivity index (χ3v) is 3.66. The van der Waals surface area contributed by atoms with E-state index in [-0.39, 0.29) is 24.0 Å². The normalized spacial score (nSPS) is 16.0. The van der Waals surface area contributed by atoms with Crippen LogP contribution in [0.4, 0.5) is 5.69 Å². The van der Waals surface area contributed by atoms with Crippen molar-refractivity contribution < 1.29 is 14.5 Å². The first-order chi connectivity index (χ1) is 9.15. The largest absolute Gasteiger partial charge is 0.425 e. The van der Waals surface area contributed by atoms with Crippen LogP contribution in [0.5, 0.6) is 5.75 Å². The summed E-state index contributed by atoms with van der Waals surface area (Å²) in [5, 5.41) is 10.6. The number of hydrogen-bond acceptors (Lipinski definition) is 6. The molecule has 0 N–H and O–H groups in total. The minimum atomic E-state index is -0.515. The molecule has 7 heteroatoms. The number of nitro groups is 1. The summed E-state index contributed by atoms with van der Waals surface area (Å²) in [5.41, 5.74) is -0.0836. The van der Waals surface area contributed by atoms with Gasteiger partial charge in [-0.15, -0.1) is 0 Å². The van der Waals surface area contributed by atoms with Gasteiger partial charge in [-0.2, -0.15) is 11.8 Å². The van der Waals surface area contributed by atoms with Crippen LogP contribution in [-0.2, 0) is 4.79 Å². The first-order valence-corrected chi connectivity index (χ1v) is 7.06. The lowest BCUT2D eigenvalue weighted by Gasteiger charge is -2.24. The van der Waals surface area contributed by atoms with E-state index in [1.54, 1.807) is 0 Å². The Hall–Kier alpha value is -1.60. The standard InChI is InChI=1S/C12H14N2O4S/c15-12(9-13-4-6-19-7-5-13)18-11-3-1-2-10(8-11)14(16)17/h1-3,8H,4-7,9H2. The number of nitrogens with zero attached hydrogens (tertiary/aromatic N) is 2. The van der Waals surface area contributed by atoms with Crippen LogP contribution in [0.25, 0.3) is 0 Å². The fraction of sp³-hybridized carbons (Fsp3) is 0.417. The van der Waals surface area contributed by atoms with Gasteiger partial charge in [0, 0.05) is 30.7 Å². The molecule has 1 aliphatic heterocycles. The highest BCUT2D eigenvalue weighted by Crippen LogP contribution is 2.19. The second-order valence-corrected chi connectivity index (χ2v) is 5.34. The lowest BCUT2D eigenvalue weighted by Crippen LogP contribution is -2.38. The van der Waals surface area contributed by atoms with Crippen LogP contribution >= 0.6 is 11.8 Å². The number of rotatable bonds is 4. The Bertz CT molecular complexity index is 475. The number of non-ortho nitro benzene ring substituents is 1. The third-order valence-electron chi connectivity index (χ3n) is 2.72. The summed E-state index contributed by atoms with van der Waals surface area (Å²) in [6.07, 6.45) is 0. The van der Waals surface area contributed by atoms with Gasteiger partial charge < -0.3 is 4.74 Å². The molecule has 1 fully saturated rings. The van der Waals surface area contributed by atoms with Crippen molar-refractivity contribution in [1.29, 1.82) is 0 Å². The summed E-state index contributed by atoms with van der Waals surface area (Å²) in [5.74, 6) is 1.87. The summed E-state index contributed by atoms with van der Waals surface area (Å²) >= 11 is 1.87. The molecule has 1 aliphatic rings. The van der Waals surface area contributed by atoms with Gasteiger partial charge in [0.05, 0.1) is 17.5 Å². The van der Waals surface area contributed by atoms with Crippen LogP contribution in [-0.4, -0.2) is 46.9 Å². The maximum atomic E-state index is 11.7. The fourth-order valence-corrected chi connectivity index (χ4v) is 2.74. The number of nitro benzene ring substituents is 1. The van der Waals surface area contributed by atoms with Crippen molar-refractivity contribution in [2.45, 2.75) is 0 Å². The van der Waals surface area contributed by atoms with Crippen molar-refractivity contribution in [2.24, 2.45) is 0 Å². The van der Waals surface area contributed by atoms with E-state index < -0.39 is 4.92 Å². The number of thioether (sulfide) groups is 1. The Balaban J connectivity index is 1.90. The zero-order chi connectivity index (χ0) is 13.7. The van der Waals surface area contributed by atoms with E-state index in [1.807, 2.05) is 16.7 Å². The molecular formula is C12H14N2O4S. The highest BCUT2D eigenvalue weighted by molar-refractivity contribution is 7.99. The smallest absolute Gasteiger partial charge is 0.325 e. The summed E-state index contributed by atoms with van der Waals surface area (Å²) in [4.78, 5) is 23.8. The zero-order valence-corrected chi connectivity index (χ0v) is 11.1. The Morgan fingerprint density at radius 1 is 1.42 bits per heavy atom. The van der Waals surface area contributed by atoms with E-state index >= 15 is 0 Å². The average Bonchev–Trinajstić information content (AvgIpc) is 2.40. The Morgan fingerprint density at radius 2 is 2.16 bits per heavy atom. The zero-order valence-electron chi connectivity index (χ0n) is 10.3. The molecule has 0 spiro atoms. The second-order valence-electron chi connectivity index (χ2n) is 4.12. The van der Waals surface area contributed by atoms with Crippen molar-refractivity contribution in [3.05, 3.63) is 34.4 Å². The number of carbonyl (C=O) groups is 1. The van der Waals surface area contributed by atoms with Gasteiger partial charge in [-0.3, -0.25) is 19.8 Å². The van der Waals surface area contributed by atoms with Gasteiger partial charge in [0.1, 0.15) is 5.75 Å². The maximum Gasteiger partial charge on any atom is 0.325 e. The minimum absolute atomic E-state index is 0.0836. The van der Waals surface area contributed by atoms with Crippen LogP contribution < -0.4 is 4.74 Å². The maximum absolute atomic E-state index is 11.7. The summed E-state index contributed by atoms with van der Waals surface area (Å²) in [6.45, 7) is 1.96. The molecule has 0 unspecified atom stereocenters. The molecule has 2 rings (SSSR count). The lowest BCUT2D eigenvalue weighted by atomic mass is 10.3. The highest BCUT2D eigenvalue weighted by Gasteiger charge is 2.16. The number of benzene rings is 1. The minimum Gasteiger partial charge on any atom is -0.425 e. The molecular weight excluding hydrogens is 268 g/mol. The van der Waals surface area contributed by atoms with E-state index in [0.29, 0.717) is 0 Å². The molecule has 19 heavy (non-hydrogen) atoms. The highest BCUT2D eigenvalue weighted by atomic mass is 32.2. The Kier molecular flexibility index (Phi) is 4.75. The molecule has 0 atom stereocenters. The fourth-order valence-electron chi connectivity index (χ4n) is 1.77. The van der Waals surface area contributed by atoms with Gasteiger partial charge in [-0.05, 0) is 6.07 Å². The molecule has 0 bridgehead atoms. The monoisotopic (exact) mass is 282 g/mol. The summed E-state index contributed by atoms with van der Waals surface area (Å²) in [6, 6.07) is 5.65. The molecule has 0 aromatic heterocycles.